The van der Waals surface area contributed by atoms with Crippen LogP contribution in [-0.2, 0) is 4.74 Å². The third-order valence-electron chi connectivity index (χ3n) is 2.93. The van der Waals surface area contributed by atoms with Gasteiger partial charge in [-0.25, -0.2) is 0 Å². The molecule has 1 aliphatic carbocycles. The highest BCUT2D eigenvalue weighted by Crippen LogP contribution is 2.20. The van der Waals surface area contributed by atoms with Crippen LogP contribution in [0.15, 0.2) is 11.8 Å². The Balaban J connectivity index is 1.92. The van der Waals surface area contributed by atoms with Crippen molar-refractivity contribution in [3.05, 3.63) is 11.8 Å². The maximum Gasteiger partial charge on any atom is 0.0642 e. The molecule has 0 spiro atoms. The number of ether oxygens (including phenoxy) is 1. The number of nitrogens with zero attached hydrogens (tertiary/aromatic N) is 1. The van der Waals surface area contributed by atoms with Gasteiger partial charge in [-0.15, -0.1) is 0 Å². The smallest absolute Gasteiger partial charge is 0.0642 e. The molecular formula is C11H19NO. The second-order valence-electron chi connectivity index (χ2n) is 3.89. The lowest BCUT2D eigenvalue weighted by Gasteiger charge is -2.30. The van der Waals surface area contributed by atoms with Crippen LogP contribution in [0.4, 0.5) is 0 Å². The lowest BCUT2D eigenvalue weighted by atomic mass is 10.2. The van der Waals surface area contributed by atoms with Crippen molar-refractivity contribution in [2.45, 2.75) is 32.1 Å². The molecule has 1 aliphatic heterocycles. The Labute approximate surface area is 80.6 Å². The molecule has 0 aromatic carbocycles. The van der Waals surface area contributed by atoms with E-state index in [9.17, 15) is 0 Å². The Bertz CT molecular complexity index is 183. The predicted molar refractivity (Wildman–Crippen MR) is 53.6 cm³/mol. The molecule has 74 valence electrons. The molecule has 0 amide bonds. The molecule has 0 aromatic heterocycles. The van der Waals surface area contributed by atoms with Crippen molar-refractivity contribution in [2.24, 2.45) is 0 Å². The summed E-state index contributed by atoms with van der Waals surface area (Å²) < 4.78 is 5.35. The van der Waals surface area contributed by atoms with Crippen LogP contribution < -0.4 is 0 Å². The molecule has 1 saturated heterocycles. The summed E-state index contributed by atoms with van der Waals surface area (Å²) in [6.45, 7) is 4.03. The second kappa shape index (κ2) is 4.66. The average molecular weight is 181 g/mol. The molecule has 0 saturated carbocycles. The minimum absolute atomic E-state index is 0.914. The lowest BCUT2D eigenvalue weighted by molar-refractivity contribution is 0.0519. The highest BCUT2D eigenvalue weighted by Gasteiger charge is 2.14. The zero-order valence-corrected chi connectivity index (χ0v) is 8.30. The number of hydrogen-bond donors (Lipinski definition) is 0. The summed E-state index contributed by atoms with van der Waals surface area (Å²) >= 11 is 0. The largest absolute Gasteiger partial charge is 0.378 e. The summed E-state index contributed by atoms with van der Waals surface area (Å²) in [5.74, 6) is 0. The van der Waals surface area contributed by atoms with Gasteiger partial charge in [-0.05, 0) is 25.7 Å². The van der Waals surface area contributed by atoms with E-state index >= 15 is 0 Å². The molecule has 0 atom stereocenters. The highest BCUT2D eigenvalue weighted by atomic mass is 16.5. The topological polar surface area (TPSA) is 12.5 Å². The molecule has 0 bridgehead atoms. The van der Waals surface area contributed by atoms with E-state index in [2.05, 4.69) is 11.0 Å². The first-order chi connectivity index (χ1) is 6.47. The van der Waals surface area contributed by atoms with Crippen LogP contribution in [0.5, 0.6) is 0 Å². The summed E-state index contributed by atoms with van der Waals surface area (Å²) in [4.78, 5) is 2.51. The Morgan fingerprint density at radius 2 is 1.92 bits per heavy atom. The van der Waals surface area contributed by atoms with E-state index in [4.69, 9.17) is 4.74 Å². The molecule has 2 rings (SSSR count). The van der Waals surface area contributed by atoms with Crippen molar-refractivity contribution in [1.82, 2.24) is 4.90 Å². The first kappa shape index (κ1) is 9.07. The third kappa shape index (κ3) is 2.47. The van der Waals surface area contributed by atoms with Crippen molar-refractivity contribution in [2.75, 3.05) is 26.3 Å². The van der Waals surface area contributed by atoms with Crippen molar-refractivity contribution >= 4 is 0 Å². The third-order valence-corrected chi connectivity index (χ3v) is 2.93. The van der Waals surface area contributed by atoms with Crippen molar-refractivity contribution < 1.29 is 4.74 Å². The Hall–Kier alpha value is -0.500. The summed E-state index contributed by atoms with van der Waals surface area (Å²) in [7, 11) is 0. The van der Waals surface area contributed by atoms with Gasteiger partial charge < -0.3 is 9.64 Å². The predicted octanol–water partition coefficient (Wildman–Crippen LogP) is 2.17. The van der Waals surface area contributed by atoms with E-state index in [1.807, 2.05) is 0 Å². The van der Waals surface area contributed by atoms with Crippen LogP contribution in [-0.4, -0.2) is 31.2 Å². The maximum absolute atomic E-state index is 5.35. The van der Waals surface area contributed by atoms with Gasteiger partial charge in [0, 0.05) is 18.8 Å². The zero-order chi connectivity index (χ0) is 8.93. The van der Waals surface area contributed by atoms with E-state index in [0.717, 1.165) is 26.3 Å². The molecule has 2 aliphatic rings. The van der Waals surface area contributed by atoms with Gasteiger partial charge in [0.15, 0.2) is 0 Å². The highest BCUT2D eigenvalue weighted by molar-refractivity contribution is 5.03. The van der Waals surface area contributed by atoms with Crippen molar-refractivity contribution in [3.8, 4) is 0 Å². The Morgan fingerprint density at radius 3 is 2.77 bits per heavy atom. The minimum Gasteiger partial charge on any atom is -0.378 e. The van der Waals surface area contributed by atoms with Crippen LogP contribution in [0.1, 0.15) is 32.1 Å². The molecule has 0 radical (unpaired) electrons. The fourth-order valence-electron chi connectivity index (χ4n) is 2.14. The van der Waals surface area contributed by atoms with Crippen LogP contribution in [0.3, 0.4) is 0 Å². The number of morpholine rings is 1. The lowest BCUT2D eigenvalue weighted by Crippen LogP contribution is -2.35. The molecule has 13 heavy (non-hydrogen) atoms. The van der Waals surface area contributed by atoms with E-state index in [1.165, 1.54) is 32.1 Å². The Kier molecular flexibility index (Phi) is 3.25. The zero-order valence-electron chi connectivity index (χ0n) is 8.30. The summed E-state index contributed by atoms with van der Waals surface area (Å²) in [5.41, 5.74) is 1.58. The summed E-state index contributed by atoms with van der Waals surface area (Å²) in [5, 5.41) is 0. The van der Waals surface area contributed by atoms with E-state index in [0.29, 0.717) is 0 Å². The quantitative estimate of drug-likeness (QED) is 0.614. The van der Waals surface area contributed by atoms with E-state index in [-0.39, 0.29) is 0 Å². The van der Waals surface area contributed by atoms with E-state index in [1.54, 1.807) is 5.70 Å². The van der Waals surface area contributed by atoms with Gasteiger partial charge in [0.2, 0.25) is 0 Å². The monoisotopic (exact) mass is 181 g/mol. The minimum atomic E-state index is 0.914. The molecule has 1 fully saturated rings. The first-order valence-electron chi connectivity index (χ1n) is 5.48. The SMILES string of the molecule is C1=C(N2CCOCC2)CCCCC1. The molecule has 2 nitrogen and oxygen atoms in total. The van der Waals surface area contributed by atoms with Gasteiger partial charge in [0.1, 0.15) is 0 Å². The van der Waals surface area contributed by atoms with Gasteiger partial charge in [0.05, 0.1) is 13.2 Å². The average Bonchev–Trinajstić information content (AvgIpc) is 2.47. The molecule has 1 heterocycles. The van der Waals surface area contributed by atoms with Crippen LogP contribution in [0.2, 0.25) is 0 Å². The number of allylic oxidation sites excluding steroid dienone is 2. The van der Waals surface area contributed by atoms with Gasteiger partial charge in [-0.1, -0.05) is 12.5 Å². The Morgan fingerprint density at radius 1 is 1.08 bits per heavy atom. The van der Waals surface area contributed by atoms with Gasteiger partial charge in [-0.3, -0.25) is 0 Å². The maximum atomic E-state index is 5.35. The van der Waals surface area contributed by atoms with Crippen molar-refractivity contribution in [3.63, 3.8) is 0 Å². The number of hydrogen-bond acceptors (Lipinski definition) is 2. The van der Waals surface area contributed by atoms with Gasteiger partial charge >= 0.3 is 0 Å². The van der Waals surface area contributed by atoms with Crippen LogP contribution >= 0.6 is 0 Å². The molecular weight excluding hydrogens is 162 g/mol. The fraction of sp³-hybridized carbons (Fsp3) is 0.818. The summed E-state index contributed by atoms with van der Waals surface area (Å²) in [6.07, 6.45) is 9.19. The van der Waals surface area contributed by atoms with Gasteiger partial charge in [0.25, 0.3) is 0 Å². The molecule has 2 heteroatoms. The van der Waals surface area contributed by atoms with Gasteiger partial charge in [-0.2, -0.15) is 0 Å². The summed E-state index contributed by atoms with van der Waals surface area (Å²) in [6, 6.07) is 0. The first-order valence-corrected chi connectivity index (χ1v) is 5.48. The van der Waals surface area contributed by atoms with Crippen LogP contribution in [0.25, 0.3) is 0 Å². The van der Waals surface area contributed by atoms with Crippen LogP contribution in [0, 0.1) is 0 Å². The number of rotatable bonds is 1. The molecule has 0 aromatic rings. The normalized spacial score (nSPS) is 25.2. The second-order valence-corrected chi connectivity index (χ2v) is 3.89. The van der Waals surface area contributed by atoms with E-state index < -0.39 is 0 Å². The van der Waals surface area contributed by atoms with Crippen molar-refractivity contribution in [1.29, 1.82) is 0 Å². The molecule has 0 N–H and O–H groups in total. The molecule has 0 unspecified atom stereocenters. The standard InChI is InChI=1S/C11H19NO/c1-2-4-6-11(5-3-1)12-7-9-13-10-8-12/h5H,1-4,6-10H2. The fourth-order valence-corrected chi connectivity index (χ4v) is 2.14.